The number of benzene rings is 1. The molecule has 8 nitrogen and oxygen atoms in total. The van der Waals surface area contributed by atoms with Gasteiger partial charge in [-0.25, -0.2) is 14.2 Å². The zero-order valence-corrected chi connectivity index (χ0v) is 17.9. The number of piperazine rings is 1. The van der Waals surface area contributed by atoms with Crippen molar-refractivity contribution in [3.63, 3.8) is 0 Å². The number of rotatable bonds is 1. The van der Waals surface area contributed by atoms with Gasteiger partial charge in [0.1, 0.15) is 22.3 Å². The lowest BCUT2D eigenvalue weighted by Gasteiger charge is -2.30. The van der Waals surface area contributed by atoms with Crippen molar-refractivity contribution in [3.8, 4) is 5.75 Å². The van der Waals surface area contributed by atoms with Gasteiger partial charge in [-0.2, -0.15) is 0 Å². The van der Waals surface area contributed by atoms with Crippen LogP contribution in [0.5, 0.6) is 5.75 Å². The van der Waals surface area contributed by atoms with E-state index < -0.39 is 11.4 Å². The molecular formula is C18H24BrFN4O4. The van der Waals surface area contributed by atoms with Gasteiger partial charge in [-0.15, -0.1) is 0 Å². The van der Waals surface area contributed by atoms with Crippen LogP contribution in [-0.4, -0.2) is 59.9 Å². The third kappa shape index (κ3) is 5.65. The Morgan fingerprint density at radius 2 is 1.96 bits per heavy atom. The number of hydrogen-bond donors (Lipinski definition) is 2. The molecule has 10 heteroatoms. The molecule has 1 fully saturated rings. The van der Waals surface area contributed by atoms with E-state index in [1.807, 2.05) is 20.8 Å². The Kier molecular flexibility index (Phi) is 7.36. The van der Waals surface area contributed by atoms with Gasteiger partial charge < -0.3 is 24.7 Å². The fraction of sp³-hybridized carbons (Fsp3) is 0.500. The molecule has 0 aliphatic carbocycles. The maximum atomic E-state index is 13.6. The average Bonchev–Trinajstić information content (AvgIpc) is 2.65. The van der Waals surface area contributed by atoms with Gasteiger partial charge >= 0.3 is 6.09 Å². The summed E-state index contributed by atoms with van der Waals surface area (Å²) in [5, 5.41) is 3.29. The largest absolute Gasteiger partial charge is 0.496 e. The SMILES string of the molecule is CC(C)(C)OC(=O)N1CCNCC1.COc1cc(Br)c(F)c2nc[nH]c(=O)c12. The normalized spacial score (nSPS) is 14.3. The van der Waals surface area contributed by atoms with Crippen molar-refractivity contribution in [3.05, 3.63) is 33.0 Å². The first-order valence-corrected chi connectivity index (χ1v) is 9.51. The van der Waals surface area contributed by atoms with Gasteiger partial charge in [-0.1, -0.05) is 0 Å². The van der Waals surface area contributed by atoms with Crippen molar-refractivity contribution in [1.82, 2.24) is 20.2 Å². The van der Waals surface area contributed by atoms with Crippen LogP contribution in [0.4, 0.5) is 9.18 Å². The first-order chi connectivity index (χ1) is 13.1. The number of carbonyl (C=O) groups is 1. The molecule has 0 radical (unpaired) electrons. The number of hydrogen-bond acceptors (Lipinski definition) is 6. The Morgan fingerprint density at radius 1 is 1.32 bits per heavy atom. The van der Waals surface area contributed by atoms with Crippen LogP contribution in [-0.2, 0) is 4.74 Å². The van der Waals surface area contributed by atoms with Crippen molar-refractivity contribution in [2.75, 3.05) is 33.3 Å². The topological polar surface area (TPSA) is 96.5 Å². The molecule has 1 aromatic heterocycles. The van der Waals surface area contributed by atoms with Crippen molar-refractivity contribution in [2.24, 2.45) is 0 Å². The van der Waals surface area contributed by atoms with Crippen molar-refractivity contribution in [2.45, 2.75) is 26.4 Å². The lowest BCUT2D eigenvalue weighted by atomic mass is 10.2. The number of halogens is 2. The van der Waals surface area contributed by atoms with Crippen LogP contribution in [0.1, 0.15) is 20.8 Å². The minimum Gasteiger partial charge on any atom is -0.496 e. The number of aromatic nitrogens is 2. The van der Waals surface area contributed by atoms with Gasteiger partial charge in [-0.05, 0) is 42.8 Å². The molecule has 3 rings (SSSR count). The summed E-state index contributed by atoms with van der Waals surface area (Å²) in [5.41, 5.74) is -0.824. The quantitative estimate of drug-likeness (QED) is 0.681. The number of fused-ring (bicyclic) bond motifs is 1. The van der Waals surface area contributed by atoms with E-state index in [4.69, 9.17) is 9.47 Å². The van der Waals surface area contributed by atoms with E-state index in [9.17, 15) is 14.0 Å². The van der Waals surface area contributed by atoms with E-state index in [1.165, 1.54) is 13.2 Å². The predicted octanol–water partition coefficient (Wildman–Crippen LogP) is 2.66. The smallest absolute Gasteiger partial charge is 0.410 e. The first kappa shape index (κ1) is 22.1. The van der Waals surface area contributed by atoms with Crippen LogP contribution < -0.4 is 15.6 Å². The molecule has 0 spiro atoms. The number of carbonyl (C=O) groups excluding carboxylic acids is 1. The molecule has 2 N–H and O–H groups in total. The molecule has 0 unspecified atom stereocenters. The predicted molar refractivity (Wildman–Crippen MR) is 107 cm³/mol. The van der Waals surface area contributed by atoms with E-state index in [1.54, 1.807) is 4.90 Å². The van der Waals surface area contributed by atoms with Gasteiger partial charge in [0, 0.05) is 26.2 Å². The molecule has 1 amide bonds. The van der Waals surface area contributed by atoms with Gasteiger partial charge in [-0.3, -0.25) is 4.79 Å². The molecule has 2 heterocycles. The number of nitrogens with zero attached hydrogens (tertiary/aromatic N) is 2. The first-order valence-electron chi connectivity index (χ1n) is 8.72. The molecule has 1 aliphatic heterocycles. The summed E-state index contributed by atoms with van der Waals surface area (Å²) in [4.78, 5) is 30.8. The summed E-state index contributed by atoms with van der Waals surface area (Å²) in [7, 11) is 1.41. The zero-order chi connectivity index (χ0) is 20.9. The second kappa shape index (κ2) is 9.33. The van der Waals surface area contributed by atoms with Crippen LogP contribution in [0.25, 0.3) is 10.9 Å². The highest BCUT2D eigenvalue weighted by atomic mass is 79.9. The zero-order valence-electron chi connectivity index (χ0n) is 16.3. The van der Waals surface area contributed by atoms with Crippen molar-refractivity contribution >= 4 is 32.9 Å². The second-order valence-electron chi connectivity index (χ2n) is 7.05. The molecule has 1 aliphatic rings. The Bertz CT molecular complexity index is 892. The Morgan fingerprint density at radius 3 is 2.54 bits per heavy atom. The monoisotopic (exact) mass is 458 g/mol. The maximum absolute atomic E-state index is 13.6. The molecule has 0 atom stereocenters. The van der Waals surface area contributed by atoms with E-state index in [2.05, 4.69) is 31.2 Å². The molecular weight excluding hydrogens is 435 g/mol. The number of amides is 1. The van der Waals surface area contributed by atoms with Crippen molar-refractivity contribution < 1.29 is 18.7 Å². The number of aromatic amines is 1. The highest BCUT2D eigenvalue weighted by Crippen LogP contribution is 2.29. The maximum Gasteiger partial charge on any atom is 0.410 e. The molecule has 2 aromatic rings. The molecule has 1 aromatic carbocycles. The Labute approximate surface area is 170 Å². The third-order valence-corrected chi connectivity index (χ3v) is 4.34. The fourth-order valence-corrected chi connectivity index (χ4v) is 2.89. The van der Waals surface area contributed by atoms with Gasteiger partial charge in [0.05, 0.1) is 17.9 Å². The van der Waals surface area contributed by atoms with E-state index >= 15 is 0 Å². The van der Waals surface area contributed by atoms with Crippen LogP contribution in [0.3, 0.4) is 0 Å². The molecule has 28 heavy (non-hydrogen) atoms. The third-order valence-electron chi connectivity index (χ3n) is 3.76. The van der Waals surface area contributed by atoms with Crippen LogP contribution >= 0.6 is 15.9 Å². The minimum atomic E-state index is -0.572. The van der Waals surface area contributed by atoms with E-state index in [-0.39, 0.29) is 32.8 Å². The van der Waals surface area contributed by atoms with Gasteiger partial charge in [0.25, 0.3) is 5.56 Å². The van der Waals surface area contributed by atoms with Crippen LogP contribution in [0, 0.1) is 5.82 Å². The minimum absolute atomic E-state index is 0.00928. The highest BCUT2D eigenvalue weighted by molar-refractivity contribution is 9.10. The fourth-order valence-electron chi connectivity index (χ4n) is 2.49. The molecule has 0 saturated carbocycles. The molecule has 154 valence electrons. The second-order valence-corrected chi connectivity index (χ2v) is 7.90. The summed E-state index contributed by atoms with van der Waals surface area (Å²) in [6.45, 7) is 8.86. The lowest BCUT2D eigenvalue weighted by Crippen LogP contribution is -2.48. The van der Waals surface area contributed by atoms with Crippen LogP contribution in [0.15, 0.2) is 21.7 Å². The van der Waals surface area contributed by atoms with Crippen molar-refractivity contribution in [1.29, 1.82) is 0 Å². The van der Waals surface area contributed by atoms with E-state index in [0.717, 1.165) is 32.5 Å². The molecule has 0 bridgehead atoms. The summed E-state index contributed by atoms with van der Waals surface area (Å²) >= 11 is 3.03. The average molecular weight is 459 g/mol. The number of ether oxygens (including phenoxy) is 2. The summed E-state index contributed by atoms with van der Waals surface area (Å²) in [6, 6.07) is 1.40. The summed E-state index contributed by atoms with van der Waals surface area (Å²) < 4.78 is 24.0. The van der Waals surface area contributed by atoms with Gasteiger partial charge in [0.2, 0.25) is 0 Å². The number of methoxy groups -OCH3 is 1. The highest BCUT2D eigenvalue weighted by Gasteiger charge is 2.22. The number of H-pyrrole nitrogens is 1. The van der Waals surface area contributed by atoms with E-state index in [0.29, 0.717) is 0 Å². The standard InChI is InChI=1S/C9H6BrFN2O2.C9H18N2O2/c1-15-5-2-4(10)7(11)8-6(5)9(14)13-3-12-8;1-9(2,3)13-8(12)11-6-4-10-5-7-11/h2-3H,1H3,(H,12,13,14);10H,4-7H2,1-3H3. The van der Waals surface area contributed by atoms with Crippen LogP contribution in [0.2, 0.25) is 0 Å². The Hall–Kier alpha value is -2.20. The summed E-state index contributed by atoms with van der Waals surface area (Å²) in [6.07, 6.45) is 0.952. The number of nitrogens with one attached hydrogen (secondary N) is 2. The van der Waals surface area contributed by atoms with Gasteiger partial charge in [0.15, 0.2) is 5.82 Å². The summed E-state index contributed by atoms with van der Waals surface area (Å²) in [5.74, 6) is -0.287. The molecule has 1 saturated heterocycles. The lowest BCUT2D eigenvalue weighted by molar-refractivity contribution is 0.0229. The Balaban J connectivity index is 0.000000203.